The van der Waals surface area contributed by atoms with Crippen molar-refractivity contribution in [3.05, 3.63) is 35.6 Å². The number of hydrogen-bond acceptors (Lipinski definition) is 4. The molecule has 4 rings (SSSR count). The summed E-state index contributed by atoms with van der Waals surface area (Å²) in [4.78, 5) is 5.17. The van der Waals surface area contributed by atoms with Gasteiger partial charge in [-0.05, 0) is 48.8 Å². The first kappa shape index (κ1) is 19.3. The van der Waals surface area contributed by atoms with Crippen molar-refractivity contribution in [3.8, 4) is 0 Å². The van der Waals surface area contributed by atoms with E-state index in [9.17, 15) is 9.50 Å². The molecule has 3 heterocycles. The predicted molar refractivity (Wildman–Crippen MR) is 104 cm³/mol. The molecule has 0 radical (unpaired) electrons. The van der Waals surface area contributed by atoms with Crippen molar-refractivity contribution in [1.82, 2.24) is 9.80 Å². The highest BCUT2D eigenvalue weighted by Gasteiger charge is 2.49. The molecule has 0 saturated carbocycles. The van der Waals surface area contributed by atoms with Gasteiger partial charge in [0.05, 0.1) is 18.8 Å². The zero-order valence-corrected chi connectivity index (χ0v) is 16.7. The van der Waals surface area contributed by atoms with Crippen LogP contribution >= 0.6 is 0 Å². The number of benzene rings is 1. The molecule has 3 saturated heterocycles. The van der Waals surface area contributed by atoms with Crippen molar-refractivity contribution in [2.24, 2.45) is 5.41 Å². The third kappa shape index (κ3) is 4.21. The Labute approximate surface area is 162 Å². The summed E-state index contributed by atoms with van der Waals surface area (Å²) >= 11 is 0. The molecular formula is C22H33FN2O2. The van der Waals surface area contributed by atoms with Gasteiger partial charge < -0.3 is 9.84 Å². The van der Waals surface area contributed by atoms with Crippen LogP contribution in [0.5, 0.6) is 0 Å². The molecule has 150 valence electrons. The smallest absolute Gasteiger partial charge is 0.123 e. The first-order valence-corrected chi connectivity index (χ1v) is 10.4. The van der Waals surface area contributed by atoms with Gasteiger partial charge in [-0.15, -0.1) is 0 Å². The maximum atomic E-state index is 13.3. The molecule has 0 unspecified atom stereocenters. The minimum absolute atomic E-state index is 0.212. The van der Waals surface area contributed by atoms with Gasteiger partial charge in [0.15, 0.2) is 0 Å². The summed E-state index contributed by atoms with van der Waals surface area (Å²) in [5, 5.41) is 11.3. The fourth-order valence-corrected chi connectivity index (χ4v) is 5.48. The first-order chi connectivity index (χ1) is 12.8. The highest BCUT2D eigenvalue weighted by Crippen LogP contribution is 2.46. The molecule has 4 nitrogen and oxygen atoms in total. The number of halogens is 1. The number of hydrogen-bond donors (Lipinski definition) is 1. The van der Waals surface area contributed by atoms with Crippen LogP contribution < -0.4 is 0 Å². The molecule has 1 N–H and O–H groups in total. The number of rotatable bonds is 5. The van der Waals surface area contributed by atoms with E-state index in [4.69, 9.17) is 4.74 Å². The molecule has 0 aliphatic carbocycles. The second-order valence-electron chi connectivity index (χ2n) is 9.56. The lowest BCUT2D eigenvalue weighted by atomic mass is 9.79. The molecule has 27 heavy (non-hydrogen) atoms. The molecule has 1 aromatic rings. The second-order valence-corrected chi connectivity index (χ2v) is 9.56. The molecule has 5 heteroatoms. The van der Waals surface area contributed by atoms with Gasteiger partial charge in [0, 0.05) is 38.3 Å². The number of nitrogens with zero attached hydrogens (tertiary/aromatic N) is 2. The van der Waals surface area contributed by atoms with Crippen LogP contribution in [0.25, 0.3) is 0 Å². The highest BCUT2D eigenvalue weighted by molar-refractivity contribution is 5.25. The predicted octanol–water partition coefficient (Wildman–Crippen LogP) is 3.00. The summed E-state index contributed by atoms with van der Waals surface area (Å²) in [5.41, 5.74) is 0.265. The third-order valence-corrected chi connectivity index (χ3v) is 6.67. The number of fused-ring (bicyclic) bond motifs is 2. The van der Waals surface area contributed by atoms with Crippen LogP contribution in [-0.4, -0.2) is 66.4 Å². The number of morpholine rings is 1. The third-order valence-electron chi connectivity index (χ3n) is 6.67. The fourth-order valence-electron chi connectivity index (χ4n) is 5.48. The van der Waals surface area contributed by atoms with E-state index in [0.29, 0.717) is 12.1 Å². The van der Waals surface area contributed by atoms with Gasteiger partial charge in [-0.1, -0.05) is 26.0 Å². The van der Waals surface area contributed by atoms with Crippen LogP contribution in [0.1, 0.15) is 45.1 Å². The average molecular weight is 377 g/mol. The molecule has 3 aliphatic rings. The summed E-state index contributed by atoms with van der Waals surface area (Å²) in [6.45, 7) is 10.6. The lowest BCUT2D eigenvalue weighted by molar-refractivity contribution is -0.0689. The number of ether oxygens (including phenoxy) is 1. The first-order valence-electron chi connectivity index (χ1n) is 10.4. The van der Waals surface area contributed by atoms with E-state index in [0.717, 1.165) is 70.6 Å². The Bertz CT molecular complexity index is 628. The highest BCUT2D eigenvalue weighted by atomic mass is 19.1. The normalized spacial score (nSPS) is 32.7. The van der Waals surface area contributed by atoms with E-state index in [1.54, 1.807) is 12.1 Å². The van der Waals surface area contributed by atoms with Crippen molar-refractivity contribution in [3.63, 3.8) is 0 Å². The average Bonchev–Trinajstić information content (AvgIpc) is 2.86. The molecule has 0 amide bonds. The molecule has 0 spiro atoms. The van der Waals surface area contributed by atoms with E-state index in [-0.39, 0.29) is 11.2 Å². The van der Waals surface area contributed by atoms with Gasteiger partial charge in [0.25, 0.3) is 0 Å². The van der Waals surface area contributed by atoms with Gasteiger partial charge >= 0.3 is 0 Å². The van der Waals surface area contributed by atoms with Gasteiger partial charge in [-0.2, -0.15) is 0 Å². The van der Waals surface area contributed by atoms with E-state index >= 15 is 0 Å². The molecule has 0 aromatic heterocycles. The molecule has 1 aromatic carbocycles. The Morgan fingerprint density at radius 1 is 1.07 bits per heavy atom. The lowest BCUT2D eigenvalue weighted by Gasteiger charge is -2.47. The largest absolute Gasteiger partial charge is 0.385 e. The SMILES string of the molecule is CC(C)(CN1CCOCC1)CN1[C@H]2CC[C@H]1CC(O)(c1ccc(F)cc1)C2. The zero-order chi connectivity index (χ0) is 19.1. The molecule has 3 aliphatic heterocycles. The van der Waals surface area contributed by atoms with Crippen LogP contribution in [0.4, 0.5) is 4.39 Å². The Morgan fingerprint density at radius 2 is 1.67 bits per heavy atom. The van der Waals surface area contributed by atoms with Crippen molar-refractivity contribution < 1.29 is 14.2 Å². The maximum absolute atomic E-state index is 13.3. The van der Waals surface area contributed by atoms with Crippen molar-refractivity contribution in [1.29, 1.82) is 0 Å². The van der Waals surface area contributed by atoms with Crippen LogP contribution in [0.3, 0.4) is 0 Å². The summed E-state index contributed by atoms with van der Waals surface area (Å²) in [5.74, 6) is -0.243. The maximum Gasteiger partial charge on any atom is 0.123 e. The fraction of sp³-hybridized carbons (Fsp3) is 0.727. The quantitative estimate of drug-likeness (QED) is 0.857. The van der Waals surface area contributed by atoms with Crippen molar-refractivity contribution in [2.45, 2.75) is 57.2 Å². The summed E-state index contributed by atoms with van der Waals surface area (Å²) < 4.78 is 18.8. The molecular weight excluding hydrogens is 343 g/mol. The minimum atomic E-state index is -0.815. The van der Waals surface area contributed by atoms with E-state index in [2.05, 4.69) is 23.6 Å². The lowest BCUT2D eigenvalue weighted by Crippen LogP contribution is -2.54. The molecule has 2 bridgehead atoms. The van der Waals surface area contributed by atoms with Crippen LogP contribution in [-0.2, 0) is 10.3 Å². The number of aliphatic hydroxyl groups is 1. The van der Waals surface area contributed by atoms with Gasteiger partial charge in [0.2, 0.25) is 0 Å². The topological polar surface area (TPSA) is 35.9 Å². The summed E-state index contributed by atoms with van der Waals surface area (Å²) in [7, 11) is 0. The van der Waals surface area contributed by atoms with Gasteiger partial charge in [-0.3, -0.25) is 9.80 Å². The standard InChI is InChI=1S/C22H33FN2O2/c1-21(2,15-24-9-11-27-12-10-24)16-25-19-7-8-20(25)14-22(26,13-19)17-3-5-18(23)6-4-17/h3-6,19-20,26H,7-16H2,1-2H3/t19-,20-/m0/s1. The Morgan fingerprint density at radius 3 is 2.26 bits per heavy atom. The van der Waals surface area contributed by atoms with Crippen LogP contribution in [0.15, 0.2) is 24.3 Å². The molecule has 2 atom stereocenters. The van der Waals surface area contributed by atoms with E-state index in [1.807, 2.05) is 0 Å². The van der Waals surface area contributed by atoms with Crippen molar-refractivity contribution >= 4 is 0 Å². The Balaban J connectivity index is 1.42. The van der Waals surface area contributed by atoms with Crippen LogP contribution in [0.2, 0.25) is 0 Å². The Kier molecular flexibility index (Phi) is 5.32. The van der Waals surface area contributed by atoms with Gasteiger partial charge in [0.1, 0.15) is 5.82 Å². The zero-order valence-electron chi connectivity index (χ0n) is 16.7. The summed E-state index contributed by atoms with van der Waals surface area (Å²) in [6.07, 6.45) is 3.81. The number of piperidine rings is 1. The monoisotopic (exact) mass is 376 g/mol. The van der Waals surface area contributed by atoms with Crippen LogP contribution in [0, 0.1) is 11.2 Å². The van der Waals surface area contributed by atoms with E-state index < -0.39 is 5.60 Å². The minimum Gasteiger partial charge on any atom is -0.385 e. The second kappa shape index (κ2) is 7.43. The molecule has 3 fully saturated rings. The summed E-state index contributed by atoms with van der Waals surface area (Å²) in [6, 6.07) is 7.28. The van der Waals surface area contributed by atoms with Gasteiger partial charge in [-0.25, -0.2) is 4.39 Å². The van der Waals surface area contributed by atoms with Crippen molar-refractivity contribution in [2.75, 3.05) is 39.4 Å². The van der Waals surface area contributed by atoms with E-state index in [1.165, 1.54) is 12.1 Å². The Hall–Kier alpha value is -1.01.